The lowest BCUT2D eigenvalue weighted by Gasteiger charge is -2.59. The van der Waals surface area contributed by atoms with Crippen LogP contribution in [-0.4, -0.2) is 53.9 Å². The normalized spacial score (nSPS) is 42.6. The van der Waals surface area contributed by atoms with Gasteiger partial charge in [0.25, 0.3) is 0 Å². The molecule has 200 valence electrons. The van der Waals surface area contributed by atoms with Crippen molar-refractivity contribution in [2.45, 2.75) is 88.9 Å². The lowest BCUT2D eigenvalue weighted by Crippen LogP contribution is -2.53. The summed E-state index contributed by atoms with van der Waals surface area (Å²) in [5.74, 6) is 3.27. The Morgan fingerprint density at radius 2 is 1.89 bits per heavy atom. The van der Waals surface area contributed by atoms with Crippen LogP contribution in [0, 0.1) is 28.6 Å². The van der Waals surface area contributed by atoms with E-state index in [-0.39, 0.29) is 5.41 Å². The number of thioether (sulfide) groups is 1. The van der Waals surface area contributed by atoms with E-state index in [1.165, 1.54) is 58.0 Å². The Bertz CT molecular complexity index is 926. The molecule has 7 atom stereocenters. The first-order chi connectivity index (χ1) is 17.4. The second-order valence-corrected chi connectivity index (χ2v) is 14.3. The lowest BCUT2D eigenvalue weighted by atomic mass is 9.46. The highest BCUT2D eigenvalue weighted by Gasteiger charge is 2.64. The number of ether oxygens (including phenoxy) is 1. The van der Waals surface area contributed by atoms with Gasteiger partial charge in [-0.1, -0.05) is 25.5 Å². The Balaban J connectivity index is 1.06. The molecular formula is C31H47NO3S. The average Bonchev–Trinajstić information content (AvgIpc) is 3.64. The average molecular weight is 514 g/mol. The van der Waals surface area contributed by atoms with E-state index in [0.29, 0.717) is 16.6 Å². The van der Waals surface area contributed by atoms with Crippen molar-refractivity contribution in [1.29, 1.82) is 0 Å². The van der Waals surface area contributed by atoms with Crippen LogP contribution in [0.15, 0.2) is 34.7 Å². The molecule has 4 nitrogen and oxygen atoms in total. The van der Waals surface area contributed by atoms with Crippen LogP contribution in [0.3, 0.4) is 0 Å². The number of fused-ring (bicyclic) bond motifs is 5. The number of aliphatic hydroxyl groups is 1. The molecule has 5 aliphatic rings. The van der Waals surface area contributed by atoms with E-state index in [4.69, 9.17) is 9.15 Å². The molecule has 3 saturated carbocycles. The number of hydrogen-bond donors (Lipinski definition) is 1. The van der Waals surface area contributed by atoms with Crippen LogP contribution >= 0.6 is 11.8 Å². The molecule has 5 heteroatoms. The topological polar surface area (TPSA) is 45.8 Å². The molecule has 1 aromatic rings. The predicted molar refractivity (Wildman–Crippen MR) is 147 cm³/mol. The quantitative estimate of drug-likeness (QED) is 0.312. The molecule has 0 aromatic carbocycles. The molecule has 0 amide bonds. The third-order valence-electron chi connectivity index (χ3n) is 11.5. The summed E-state index contributed by atoms with van der Waals surface area (Å²) in [6.45, 7) is 10.4. The Morgan fingerprint density at radius 3 is 2.69 bits per heavy atom. The molecule has 1 saturated heterocycles. The zero-order valence-corrected chi connectivity index (χ0v) is 23.4. The van der Waals surface area contributed by atoms with Crippen molar-refractivity contribution in [3.05, 3.63) is 35.8 Å². The number of allylic oxidation sites excluding steroid dienone is 1. The van der Waals surface area contributed by atoms with E-state index in [1.807, 2.05) is 6.07 Å². The maximum Gasteiger partial charge on any atom is 0.0983 e. The second kappa shape index (κ2) is 10.1. The van der Waals surface area contributed by atoms with Gasteiger partial charge >= 0.3 is 0 Å². The maximum atomic E-state index is 11.9. The van der Waals surface area contributed by atoms with Crippen molar-refractivity contribution in [3.8, 4) is 0 Å². The fourth-order valence-electron chi connectivity index (χ4n) is 9.38. The zero-order valence-electron chi connectivity index (χ0n) is 22.6. The van der Waals surface area contributed by atoms with E-state index in [9.17, 15) is 5.11 Å². The monoisotopic (exact) mass is 513 g/mol. The van der Waals surface area contributed by atoms with Crippen molar-refractivity contribution in [3.63, 3.8) is 0 Å². The predicted octanol–water partition coefficient (Wildman–Crippen LogP) is 6.64. The van der Waals surface area contributed by atoms with Gasteiger partial charge in [0, 0.05) is 28.5 Å². The largest absolute Gasteiger partial charge is 0.472 e. The first-order valence-electron chi connectivity index (χ1n) is 14.8. The van der Waals surface area contributed by atoms with Gasteiger partial charge in [-0.25, -0.2) is 0 Å². The van der Waals surface area contributed by atoms with Crippen LogP contribution < -0.4 is 0 Å². The minimum atomic E-state index is -0.725. The summed E-state index contributed by atoms with van der Waals surface area (Å²) in [6, 6.07) is 2.00. The first kappa shape index (κ1) is 25.5. The minimum absolute atomic E-state index is 0.0303. The van der Waals surface area contributed by atoms with Crippen molar-refractivity contribution in [2.24, 2.45) is 28.6 Å². The summed E-state index contributed by atoms with van der Waals surface area (Å²) in [7, 11) is 0. The van der Waals surface area contributed by atoms with Gasteiger partial charge in [0.2, 0.25) is 0 Å². The van der Waals surface area contributed by atoms with Gasteiger partial charge in [0.1, 0.15) is 0 Å². The lowest BCUT2D eigenvalue weighted by molar-refractivity contribution is -0.132. The highest BCUT2D eigenvalue weighted by Crippen LogP contribution is 2.69. The fourth-order valence-corrected chi connectivity index (χ4v) is 10.4. The second-order valence-electron chi connectivity index (χ2n) is 13.0. The van der Waals surface area contributed by atoms with Crippen LogP contribution in [0.4, 0.5) is 0 Å². The molecule has 1 aromatic heterocycles. The first-order valence-corrected chi connectivity index (χ1v) is 15.9. The molecule has 2 heterocycles. The van der Waals surface area contributed by atoms with Crippen molar-refractivity contribution < 1.29 is 14.3 Å². The Hall–Kier alpha value is -0.750. The van der Waals surface area contributed by atoms with E-state index < -0.39 is 5.60 Å². The molecule has 2 unspecified atom stereocenters. The summed E-state index contributed by atoms with van der Waals surface area (Å²) in [6.07, 6.45) is 18.6. The van der Waals surface area contributed by atoms with Crippen LogP contribution in [0.25, 0.3) is 0 Å². The molecule has 4 aliphatic carbocycles. The fraction of sp³-hybridized carbons (Fsp3) is 0.806. The van der Waals surface area contributed by atoms with E-state index in [2.05, 4.69) is 36.6 Å². The summed E-state index contributed by atoms with van der Waals surface area (Å²) < 4.78 is 11.4. The number of likely N-dealkylation sites (tertiary alicyclic amines) is 1. The van der Waals surface area contributed by atoms with Gasteiger partial charge in [-0.3, -0.25) is 0 Å². The number of hydrogen-bond acceptors (Lipinski definition) is 5. The van der Waals surface area contributed by atoms with Gasteiger partial charge in [0.15, 0.2) is 0 Å². The Morgan fingerprint density at radius 1 is 1.06 bits per heavy atom. The van der Waals surface area contributed by atoms with E-state index in [1.54, 1.807) is 18.1 Å². The SMILES string of the molecule is C[C@]12CCC(SCCOCCN3CCCC3)C=C1CC[C@@H]1[C@H]2CC[C@@]2(C)[C@H]1CCC2(O)c1ccoc1. The van der Waals surface area contributed by atoms with E-state index >= 15 is 0 Å². The molecule has 6 rings (SSSR count). The summed E-state index contributed by atoms with van der Waals surface area (Å²) in [5.41, 5.74) is 2.37. The van der Waals surface area contributed by atoms with Crippen molar-refractivity contribution in [2.75, 3.05) is 38.6 Å². The molecule has 1 aliphatic heterocycles. The van der Waals surface area contributed by atoms with Gasteiger partial charge in [-0.15, -0.1) is 0 Å². The summed E-state index contributed by atoms with van der Waals surface area (Å²) >= 11 is 2.12. The van der Waals surface area contributed by atoms with Gasteiger partial charge < -0.3 is 19.2 Å². The highest BCUT2D eigenvalue weighted by atomic mass is 32.2. The summed E-state index contributed by atoms with van der Waals surface area (Å²) in [4.78, 5) is 2.54. The molecule has 36 heavy (non-hydrogen) atoms. The van der Waals surface area contributed by atoms with Crippen LogP contribution in [0.5, 0.6) is 0 Å². The summed E-state index contributed by atoms with van der Waals surface area (Å²) in [5, 5.41) is 12.6. The molecular weight excluding hydrogens is 466 g/mol. The van der Waals surface area contributed by atoms with Crippen LogP contribution in [-0.2, 0) is 10.3 Å². The number of furan rings is 1. The smallest absolute Gasteiger partial charge is 0.0983 e. The van der Waals surface area contributed by atoms with Crippen molar-refractivity contribution >= 4 is 11.8 Å². The highest BCUT2D eigenvalue weighted by molar-refractivity contribution is 8.00. The van der Waals surface area contributed by atoms with Gasteiger partial charge in [-0.2, -0.15) is 11.8 Å². The van der Waals surface area contributed by atoms with Crippen molar-refractivity contribution in [1.82, 2.24) is 4.90 Å². The van der Waals surface area contributed by atoms with Crippen LogP contribution in [0.1, 0.15) is 83.6 Å². The standard InChI is InChI=1S/C31H47NO3S/c1-29-11-7-25(36-20-19-34-18-16-32-14-3-4-15-32)21-23(29)5-6-26-27(29)8-12-30(2)28(26)9-13-31(30,33)24-10-17-35-22-24/h10,17,21-22,25-28,33H,3-9,11-16,18-20H2,1-2H3/t25?,26-,27-,28+,29+,30+,31?/m1/s1. The Labute approximate surface area is 222 Å². The number of rotatable bonds is 8. The molecule has 0 radical (unpaired) electrons. The number of nitrogens with zero attached hydrogens (tertiary/aromatic N) is 1. The molecule has 0 spiro atoms. The Kier molecular flexibility index (Phi) is 7.16. The maximum absolute atomic E-state index is 11.9. The molecule has 0 bridgehead atoms. The van der Waals surface area contributed by atoms with Gasteiger partial charge in [-0.05, 0) is 107 Å². The zero-order chi connectivity index (χ0) is 24.8. The molecule has 1 N–H and O–H groups in total. The third-order valence-corrected chi connectivity index (χ3v) is 12.7. The third kappa shape index (κ3) is 4.25. The van der Waals surface area contributed by atoms with Crippen LogP contribution in [0.2, 0.25) is 0 Å². The molecule has 4 fully saturated rings. The van der Waals surface area contributed by atoms with Gasteiger partial charge in [0.05, 0.1) is 31.3 Å². The minimum Gasteiger partial charge on any atom is -0.472 e. The van der Waals surface area contributed by atoms with E-state index in [0.717, 1.165) is 62.2 Å².